The predicted octanol–water partition coefficient (Wildman–Crippen LogP) is 4.67. The van der Waals surface area contributed by atoms with Crippen LogP contribution in [-0.2, 0) is 0 Å². The quantitative estimate of drug-likeness (QED) is 0.133. The molecule has 14 heteroatoms. The van der Waals surface area contributed by atoms with E-state index in [1.807, 2.05) is 0 Å². The van der Waals surface area contributed by atoms with E-state index in [4.69, 9.17) is 18.9 Å². The highest BCUT2D eigenvalue weighted by molar-refractivity contribution is 6.22. The molecular formula is C39H22N2O12. The molecule has 0 saturated heterocycles. The third-order valence-electron chi connectivity index (χ3n) is 8.14. The Bertz CT molecular complexity index is 2420. The van der Waals surface area contributed by atoms with Gasteiger partial charge in [0.05, 0.1) is 44.5 Å². The van der Waals surface area contributed by atoms with Gasteiger partial charge in [0.25, 0.3) is 23.6 Å². The molecule has 0 aliphatic carbocycles. The summed E-state index contributed by atoms with van der Waals surface area (Å²) in [5.74, 6) is -4.52. The number of fused-ring (bicyclic) bond motifs is 2. The van der Waals surface area contributed by atoms with Crippen LogP contribution < -0.4 is 24.3 Å². The van der Waals surface area contributed by atoms with Crippen molar-refractivity contribution in [3.63, 3.8) is 0 Å². The van der Waals surface area contributed by atoms with E-state index < -0.39 is 47.5 Å². The Morgan fingerprint density at radius 2 is 0.736 bits per heavy atom. The molecule has 0 radical (unpaired) electrons. The zero-order valence-corrected chi connectivity index (χ0v) is 27.2. The molecule has 0 fully saturated rings. The average Bonchev–Trinajstić information content (AvgIpc) is 3.57. The largest absolute Gasteiger partial charge is 0.423 e. The molecule has 53 heavy (non-hydrogen) atoms. The molecule has 0 bridgehead atoms. The normalized spacial score (nSPS) is 12.8. The lowest BCUT2D eigenvalue weighted by Crippen LogP contribution is -2.24. The molecule has 0 saturated carbocycles. The van der Waals surface area contributed by atoms with E-state index in [1.165, 1.54) is 116 Å². The van der Waals surface area contributed by atoms with E-state index in [2.05, 4.69) is 5.32 Å². The van der Waals surface area contributed by atoms with Gasteiger partial charge < -0.3 is 18.9 Å². The Balaban J connectivity index is 0.900. The Hall–Kier alpha value is -7.74. The maximum Gasteiger partial charge on any atom is 0.343 e. The van der Waals surface area contributed by atoms with Crippen LogP contribution in [-0.4, -0.2) is 59.5 Å². The van der Waals surface area contributed by atoms with Gasteiger partial charge in [-0.15, -0.1) is 0 Å². The van der Waals surface area contributed by atoms with E-state index in [0.29, 0.717) is 0 Å². The maximum absolute atomic E-state index is 12.7. The van der Waals surface area contributed by atoms with Crippen molar-refractivity contribution in [2.45, 2.75) is 0 Å². The summed E-state index contributed by atoms with van der Waals surface area (Å²) >= 11 is 0. The summed E-state index contributed by atoms with van der Waals surface area (Å²) in [5, 5.41) is 2.15. The first-order chi connectivity index (χ1) is 25.4. The SMILES string of the molecule is CN1C(=O)c2ccc(C(=O)Oc3ccc(C(=O)Oc4ccc(OC(=O)c5ccc(OC(=O)c6ccc7c(c6)C(=O)NC7=O)cc5)cc4)cc3)cc2C1=O. The van der Waals surface area contributed by atoms with Gasteiger partial charge in [0.15, 0.2) is 0 Å². The predicted molar refractivity (Wildman–Crippen MR) is 180 cm³/mol. The van der Waals surface area contributed by atoms with Crippen molar-refractivity contribution in [2.75, 3.05) is 7.05 Å². The van der Waals surface area contributed by atoms with Crippen LogP contribution >= 0.6 is 0 Å². The third-order valence-corrected chi connectivity index (χ3v) is 8.14. The summed E-state index contributed by atoms with van der Waals surface area (Å²) in [4.78, 5) is 99.6. The van der Waals surface area contributed by atoms with Crippen molar-refractivity contribution in [3.05, 3.63) is 154 Å². The second kappa shape index (κ2) is 13.5. The number of hydrogen-bond donors (Lipinski definition) is 1. The van der Waals surface area contributed by atoms with Gasteiger partial charge in [-0.25, -0.2) is 19.2 Å². The van der Waals surface area contributed by atoms with Gasteiger partial charge in [-0.2, -0.15) is 0 Å². The number of amides is 4. The van der Waals surface area contributed by atoms with Crippen LogP contribution in [0.25, 0.3) is 0 Å². The second-order valence-corrected chi connectivity index (χ2v) is 11.6. The molecule has 5 aromatic rings. The highest BCUT2D eigenvalue weighted by Crippen LogP contribution is 2.25. The number of ether oxygens (including phenoxy) is 4. The number of benzene rings is 5. The molecule has 0 spiro atoms. The van der Waals surface area contributed by atoms with Crippen LogP contribution in [0, 0.1) is 0 Å². The van der Waals surface area contributed by atoms with E-state index in [-0.39, 0.29) is 67.5 Å². The van der Waals surface area contributed by atoms with Crippen LogP contribution in [0.15, 0.2) is 109 Å². The van der Waals surface area contributed by atoms with Gasteiger partial charge >= 0.3 is 23.9 Å². The average molecular weight is 711 g/mol. The molecule has 7 rings (SSSR count). The number of carbonyl (C=O) groups is 8. The molecule has 1 N–H and O–H groups in total. The maximum atomic E-state index is 12.7. The molecule has 2 heterocycles. The Morgan fingerprint density at radius 3 is 1.19 bits per heavy atom. The van der Waals surface area contributed by atoms with Crippen molar-refractivity contribution < 1.29 is 57.3 Å². The topological polar surface area (TPSA) is 189 Å². The first-order valence-corrected chi connectivity index (χ1v) is 15.6. The minimum atomic E-state index is -0.769. The van der Waals surface area contributed by atoms with Crippen LogP contribution in [0.3, 0.4) is 0 Å². The minimum absolute atomic E-state index is 0.0599. The van der Waals surface area contributed by atoms with Gasteiger partial charge in [-0.3, -0.25) is 29.4 Å². The van der Waals surface area contributed by atoms with Crippen LogP contribution in [0.1, 0.15) is 82.9 Å². The number of rotatable bonds is 8. The van der Waals surface area contributed by atoms with Crippen LogP contribution in [0.2, 0.25) is 0 Å². The van der Waals surface area contributed by atoms with Crippen molar-refractivity contribution >= 4 is 47.5 Å². The molecule has 14 nitrogen and oxygen atoms in total. The van der Waals surface area contributed by atoms with E-state index in [9.17, 15) is 38.4 Å². The minimum Gasteiger partial charge on any atom is -0.423 e. The fourth-order valence-electron chi connectivity index (χ4n) is 5.34. The van der Waals surface area contributed by atoms with E-state index in [0.717, 1.165) is 4.90 Å². The fourth-order valence-corrected chi connectivity index (χ4v) is 5.34. The van der Waals surface area contributed by atoms with Crippen molar-refractivity contribution in [3.8, 4) is 23.0 Å². The van der Waals surface area contributed by atoms with Gasteiger partial charge in [-0.1, -0.05) is 0 Å². The summed E-state index contributed by atoms with van der Waals surface area (Å²) in [5.41, 5.74) is 0.975. The summed E-state index contributed by atoms with van der Waals surface area (Å²) in [7, 11) is 1.35. The first kappa shape index (κ1) is 33.7. The van der Waals surface area contributed by atoms with E-state index >= 15 is 0 Å². The Kier molecular flexibility index (Phi) is 8.61. The van der Waals surface area contributed by atoms with E-state index in [1.54, 1.807) is 0 Å². The Morgan fingerprint density at radius 1 is 0.415 bits per heavy atom. The zero-order chi connectivity index (χ0) is 37.4. The summed E-state index contributed by atoms with van der Waals surface area (Å²) in [6, 6.07) is 24.9. The summed E-state index contributed by atoms with van der Waals surface area (Å²) in [6.45, 7) is 0. The third kappa shape index (κ3) is 6.74. The lowest BCUT2D eigenvalue weighted by atomic mass is 10.1. The van der Waals surface area contributed by atoms with Gasteiger partial charge in [0, 0.05) is 7.05 Å². The van der Waals surface area contributed by atoms with Crippen molar-refractivity contribution in [2.24, 2.45) is 0 Å². The number of nitrogens with one attached hydrogen (secondary N) is 1. The molecule has 4 amide bonds. The lowest BCUT2D eigenvalue weighted by Gasteiger charge is -2.09. The Labute approximate surface area is 298 Å². The van der Waals surface area contributed by atoms with Crippen molar-refractivity contribution in [1.29, 1.82) is 0 Å². The molecule has 5 aromatic carbocycles. The highest BCUT2D eigenvalue weighted by atomic mass is 16.5. The number of nitrogens with zero attached hydrogens (tertiary/aromatic N) is 1. The molecule has 0 atom stereocenters. The number of hydrogen-bond acceptors (Lipinski definition) is 12. The number of imide groups is 2. The molecular weight excluding hydrogens is 688 g/mol. The van der Waals surface area contributed by atoms with Crippen LogP contribution in [0.5, 0.6) is 23.0 Å². The lowest BCUT2D eigenvalue weighted by molar-refractivity contribution is 0.0685. The highest BCUT2D eigenvalue weighted by Gasteiger charge is 2.33. The number of carbonyl (C=O) groups excluding carboxylic acids is 8. The molecule has 2 aliphatic heterocycles. The summed E-state index contributed by atoms with van der Waals surface area (Å²) < 4.78 is 21.4. The smallest absolute Gasteiger partial charge is 0.343 e. The molecule has 0 aromatic heterocycles. The van der Waals surface area contributed by atoms with Crippen molar-refractivity contribution in [1.82, 2.24) is 10.2 Å². The zero-order valence-electron chi connectivity index (χ0n) is 27.2. The monoisotopic (exact) mass is 710 g/mol. The van der Waals surface area contributed by atoms with Crippen LogP contribution in [0.4, 0.5) is 0 Å². The van der Waals surface area contributed by atoms with Gasteiger partial charge in [0.1, 0.15) is 23.0 Å². The number of esters is 4. The summed E-state index contributed by atoms with van der Waals surface area (Å²) in [6.07, 6.45) is 0. The van der Waals surface area contributed by atoms with Gasteiger partial charge in [0.2, 0.25) is 0 Å². The molecule has 260 valence electrons. The van der Waals surface area contributed by atoms with Gasteiger partial charge in [-0.05, 0) is 109 Å². The molecule has 0 unspecified atom stereocenters. The molecule has 2 aliphatic rings. The standard InChI is InChI=1S/C39H22N2O12/c1-41-34(44)29-17-7-23(19-31(29)35(41)45)39(49)53-25-10-4-21(5-11-25)37(47)51-27-14-12-26(13-15-27)50-36(46)20-2-8-24(9-3-20)52-38(48)22-6-16-28-30(18-22)33(43)40-32(28)42/h2-19H,1H3,(H,40,42,43). The first-order valence-electron chi connectivity index (χ1n) is 15.6. The second-order valence-electron chi connectivity index (χ2n) is 11.6. The fraction of sp³-hybridized carbons (Fsp3) is 0.0256.